The lowest BCUT2D eigenvalue weighted by Gasteiger charge is -2.22. The minimum atomic E-state index is -0.451. The van der Waals surface area contributed by atoms with Gasteiger partial charge in [0, 0.05) is 46.8 Å². The Hall–Kier alpha value is -4.34. The molecule has 0 radical (unpaired) electrons. The molecule has 10 heteroatoms. The number of hydrogen-bond acceptors (Lipinski definition) is 9. The van der Waals surface area contributed by atoms with Crippen molar-refractivity contribution in [1.82, 2.24) is 20.3 Å². The molecule has 38 heavy (non-hydrogen) atoms. The molecule has 4 rings (SSSR count). The third-order valence-corrected chi connectivity index (χ3v) is 5.80. The maximum atomic E-state index is 12.0. The Morgan fingerprint density at radius 1 is 1.00 bits per heavy atom. The zero-order valence-electron chi connectivity index (χ0n) is 22.5. The van der Waals surface area contributed by atoms with Crippen LogP contribution in [0, 0.1) is 0 Å². The number of alkyl carbamates (subject to hydrolysis) is 1. The second-order valence-electron chi connectivity index (χ2n) is 9.97. The van der Waals surface area contributed by atoms with E-state index in [-0.39, 0.29) is 11.6 Å². The summed E-state index contributed by atoms with van der Waals surface area (Å²) in [4.78, 5) is 25.4. The number of nitrogens with one attached hydrogen (secondary N) is 1. The molecule has 3 N–H and O–H groups in total. The normalized spacial score (nSPS) is 12.3. The zero-order valence-corrected chi connectivity index (χ0v) is 22.5. The fourth-order valence-electron chi connectivity index (χ4n) is 3.96. The average Bonchev–Trinajstić information content (AvgIpc) is 2.86. The van der Waals surface area contributed by atoms with Crippen molar-refractivity contribution in [3.8, 4) is 28.5 Å². The Kier molecular flexibility index (Phi) is 7.70. The van der Waals surface area contributed by atoms with Gasteiger partial charge in [0.15, 0.2) is 11.5 Å². The van der Waals surface area contributed by atoms with Gasteiger partial charge in [0.05, 0.1) is 38.2 Å². The Labute approximate surface area is 221 Å². The van der Waals surface area contributed by atoms with E-state index in [2.05, 4.69) is 20.3 Å². The Bertz CT molecular complexity index is 1470. The van der Waals surface area contributed by atoms with Gasteiger partial charge < -0.3 is 30.0 Å². The van der Waals surface area contributed by atoms with Crippen molar-refractivity contribution in [2.45, 2.75) is 45.8 Å². The summed E-state index contributed by atoms with van der Waals surface area (Å²) >= 11 is 0. The number of carbonyl (C=O) groups excluding carboxylic acids is 1. The number of methoxy groups -OCH3 is 2. The van der Waals surface area contributed by atoms with Gasteiger partial charge in [0.1, 0.15) is 17.7 Å². The molecule has 0 bridgehead atoms. The van der Waals surface area contributed by atoms with Gasteiger partial charge in [-0.05, 0) is 51.3 Å². The monoisotopic (exact) mass is 519 g/mol. The SMILES string of the molecule is COc1cc2ncc3c(N)nc(-c4cncc(OCCC(C)OC(=O)NC(C)(C)C)c4)cc3c2cc1OC. The molecule has 0 spiro atoms. The first kappa shape index (κ1) is 26.7. The number of nitrogen functional groups attached to an aromatic ring is 1. The standard InChI is InChI=1S/C28H33N5O5/c1-16(38-27(34)33-28(2,3)4)7-8-37-18-9-17(13-30-14-18)22-10-19-20-11-24(35-5)25(36-6)12-23(20)31-15-21(19)26(29)32-22/h9-16H,7-8H2,1-6H3,(H2,29,32)(H,33,34). The van der Waals surface area contributed by atoms with Gasteiger partial charge in [-0.15, -0.1) is 0 Å². The number of ether oxygens (including phenoxy) is 4. The molecule has 0 saturated heterocycles. The molecule has 200 valence electrons. The summed E-state index contributed by atoms with van der Waals surface area (Å²) in [6.07, 6.45) is 4.80. The summed E-state index contributed by atoms with van der Waals surface area (Å²) in [5.41, 5.74) is 8.11. The molecule has 10 nitrogen and oxygen atoms in total. The van der Waals surface area contributed by atoms with E-state index in [4.69, 9.17) is 24.7 Å². The van der Waals surface area contributed by atoms with Gasteiger partial charge in [-0.3, -0.25) is 9.97 Å². The zero-order chi connectivity index (χ0) is 27.4. The van der Waals surface area contributed by atoms with E-state index >= 15 is 0 Å². The maximum absolute atomic E-state index is 12.0. The van der Waals surface area contributed by atoms with Gasteiger partial charge >= 0.3 is 6.09 Å². The highest BCUT2D eigenvalue weighted by molar-refractivity contribution is 6.10. The highest BCUT2D eigenvalue weighted by Gasteiger charge is 2.17. The number of aromatic nitrogens is 3. The van der Waals surface area contributed by atoms with Crippen LogP contribution >= 0.6 is 0 Å². The quantitative estimate of drug-likeness (QED) is 0.304. The number of anilines is 1. The maximum Gasteiger partial charge on any atom is 0.407 e. The van der Waals surface area contributed by atoms with Crippen molar-refractivity contribution in [3.05, 3.63) is 42.9 Å². The van der Waals surface area contributed by atoms with Gasteiger partial charge in [-0.25, -0.2) is 9.78 Å². The number of fused-ring (bicyclic) bond motifs is 3. The van der Waals surface area contributed by atoms with E-state index in [1.54, 1.807) is 32.8 Å². The first-order chi connectivity index (χ1) is 18.1. The van der Waals surface area contributed by atoms with Crippen LogP contribution in [0.5, 0.6) is 17.2 Å². The van der Waals surface area contributed by atoms with E-state index in [0.717, 1.165) is 27.2 Å². The number of hydrogen-bond donors (Lipinski definition) is 2. The highest BCUT2D eigenvalue weighted by Crippen LogP contribution is 2.37. The average molecular weight is 520 g/mol. The van der Waals surface area contributed by atoms with Crippen molar-refractivity contribution in [3.63, 3.8) is 0 Å². The minimum Gasteiger partial charge on any atom is -0.493 e. The van der Waals surface area contributed by atoms with Crippen molar-refractivity contribution in [1.29, 1.82) is 0 Å². The predicted octanol–water partition coefficient (Wildman–Crippen LogP) is 5.13. The van der Waals surface area contributed by atoms with E-state index < -0.39 is 6.09 Å². The molecule has 0 aliphatic rings. The van der Waals surface area contributed by atoms with E-state index in [1.807, 2.05) is 52.0 Å². The van der Waals surface area contributed by atoms with E-state index in [0.29, 0.717) is 41.8 Å². The second-order valence-corrected chi connectivity index (χ2v) is 9.97. The minimum absolute atomic E-state index is 0.312. The molecule has 1 atom stereocenters. The third kappa shape index (κ3) is 6.13. The fourth-order valence-corrected chi connectivity index (χ4v) is 3.96. The van der Waals surface area contributed by atoms with Crippen LogP contribution in [0.3, 0.4) is 0 Å². The fraction of sp³-hybridized carbons (Fsp3) is 0.357. The Morgan fingerprint density at radius 3 is 2.45 bits per heavy atom. The summed E-state index contributed by atoms with van der Waals surface area (Å²) in [6.45, 7) is 7.86. The van der Waals surface area contributed by atoms with Crippen LogP contribution < -0.4 is 25.3 Å². The molecule has 3 heterocycles. The van der Waals surface area contributed by atoms with Gasteiger partial charge in [-0.1, -0.05) is 0 Å². The van der Waals surface area contributed by atoms with Gasteiger partial charge in [0.25, 0.3) is 0 Å². The lowest BCUT2D eigenvalue weighted by molar-refractivity contribution is 0.0870. The van der Waals surface area contributed by atoms with Crippen LogP contribution in [0.25, 0.3) is 32.9 Å². The van der Waals surface area contributed by atoms with Crippen LogP contribution in [0.2, 0.25) is 0 Å². The number of carbonyl (C=O) groups is 1. The molecule has 0 aliphatic carbocycles. The van der Waals surface area contributed by atoms with Crippen molar-refractivity contribution < 1.29 is 23.7 Å². The number of nitrogens with two attached hydrogens (primary N) is 1. The predicted molar refractivity (Wildman–Crippen MR) is 147 cm³/mol. The second kappa shape index (κ2) is 11.0. The Balaban J connectivity index is 1.55. The number of benzene rings is 1. The molecule has 1 aromatic carbocycles. The number of nitrogens with zero attached hydrogens (tertiary/aromatic N) is 3. The summed E-state index contributed by atoms with van der Waals surface area (Å²) in [6, 6.07) is 7.52. The lowest BCUT2D eigenvalue weighted by Crippen LogP contribution is -2.42. The van der Waals surface area contributed by atoms with E-state index in [9.17, 15) is 4.79 Å². The summed E-state index contributed by atoms with van der Waals surface area (Å²) in [7, 11) is 3.18. The summed E-state index contributed by atoms with van der Waals surface area (Å²) in [5, 5.41) is 5.25. The first-order valence-electron chi connectivity index (χ1n) is 12.3. The number of pyridine rings is 3. The molecule has 0 saturated carbocycles. The summed E-state index contributed by atoms with van der Waals surface area (Å²) < 4.78 is 22.2. The van der Waals surface area contributed by atoms with Crippen molar-refractivity contribution in [2.24, 2.45) is 0 Å². The van der Waals surface area contributed by atoms with Crippen LogP contribution in [0.4, 0.5) is 10.6 Å². The molecule has 4 aromatic rings. The molecule has 0 fully saturated rings. The van der Waals surface area contributed by atoms with Gasteiger partial charge in [-0.2, -0.15) is 0 Å². The number of amides is 1. The summed E-state index contributed by atoms with van der Waals surface area (Å²) in [5.74, 6) is 2.11. The lowest BCUT2D eigenvalue weighted by atomic mass is 10.0. The Morgan fingerprint density at radius 2 is 1.74 bits per heavy atom. The molecule has 1 amide bonds. The third-order valence-electron chi connectivity index (χ3n) is 5.80. The first-order valence-corrected chi connectivity index (χ1v) is 12.3. The highest BCUT2D eigenvalue weighted by atomic mass is 16.6. The smallest absolute Gasteiger partial charge is 0.407 e. The molecule has 1 unspecified atom stereocenters. The van der Waals surface area contributed by atoms with Crippen LogP contribution in [-0.4, -0.2) is 53.5 Å². The number of rotatable bonds is 8. The molecule has 3 aromatic heterocycles. The molecule has 0 aliphatic heterocycles. The largest absolute Gasteiger partial charge is 0.493 e. The van der Waals surface area contributed by atoms with E-state index in [1.165, 1.54) is 0 Å². The van der Waals surface area contributed by atoms with Crippen LogP contribution in [0.15, 0.2) is 42.9 Å². The van der Waals surface area contributed by atoms with Crippen LogP contribution in [0.1, 0.15) is 34.1 Å². The van der Waals surface area contributed by atoms with Crippen LogP contribution in [-0.2, 0) is 4.74 Å². The van der Waals surface area contributed by atoms with Crippen molar-refractivity contribution >= 4 is 33.6 Å². The molecular formula is C28H33N5O5. The van der Waals surface area contributed by atoms with Crippen molar-refractivity contribution in [2.75, 3.05) is 26.6 Å². The molecular weight excluding hydrogens is 486 g/mol. The topological polar surface area (TPSA) is 131 Å². The van der Waals surface area contributed by atoms with Gasteiger partial charge in [0.2, 0.25) is 0 Å².